The second-order valence-electron chi connectivity index (χ2n) is 7.35. The highest BCUT2D eigenvalue weighted by atomic mass is 16.3. The van der Waals surface area contributed by atoms with Crippen molar-refractivity contribution in [3.63, 3.8) is 0 Å². The van der Waals surface area contributed by atoms with Crippen molar-refractivity contribution in [3.05, 3.63) is 36.0 Å². The van der Waals surface area contributed by atoms with E-state index in [0.717, 1.165) is 16.7 Å². The third-order valence-electron chi connectivity index (χ3n) is 5.81. The van der Waals surface area contributed by atoms with E-state index in [-0.39, 0.29) is 0 Å². The molecule has 4 heterocycles. The highest BCUT2D eigenvalue weighted by Gasteiger charge is 2.23. The Kier molecular flexibility index (Phi) is 3.58. The molecule has 1 aliphatic rings. The van der Waals surface area contributed by atoms with Gasteiger partial charge in [0.2, 0.25) is 5.82 Å². The van der Waals surface area contributed by atoms with Crippen LogP contribution < -0.4 is 0 Å². The molecule has 134 valence electrons. The summed E-state index contributed by atoms with van der Waals surface area (Å²) < 4.78 is 9.69. The van der Waals surface area contributed by atoms with E-state index in [1.165, 1.54) is 49.8 Å². The van der Waals surface area contributed by atoms with Gasteiger partial charge in [0.1, 0.15) is 12.0 Å². The lowest BCUT2D eigenvalue weighted by Gasteiger charge is -2.19. The van der Waals surface area contributed by atoms with Gasteiger partial charge in [-0.15, -0.1) is 5.10 Å². The van der Waals surface area contributed by atoms with Crippen LogP contribution in [0.5, 0.6) is 0 Å². The third kappa shape index (κ3) is 2.28. The van der Waals surface area contributed by atoms with E-state index in [0.29, 0.717) is 17.6 Å². The van der Waals surface area contributed by atoms with Gasteiger partial charge in [-0.2, -0.15) is 0 Å². The van der Waals surface area contributed by atoms with Crippen molar-refractivity contribution in [2.24, 2.45) is 0 Å². The van der Waals surface area contributed by atoms with Crippen molar-refractivity contribution in [1.82, 2.24) is 24.1 Å². The molecule has 6 nitrogen and oxygen atoms in total. The fourth-order valence-electron chi connectivity index (χ4n) is 4.36. The summed E-state index contributed by atoms with van der Waals surface area (Å²) in [6, 6.07) is 4.28. The molecule has 0 aromatic carbocycles. The number of hydrogen-bond donors (Lipinski definition) is 0. The Labute approximate surface area is 151 Å². The summed E-state index contributed by atoms with van der Waals surface area (Å²) in [5, 5.41) is 5.66. The first kappa shape index (κ1) is 15.6. The standard InChI is InChI=1S/C20H23N5O/c1-13-14(2)25(15-8-5-3-4-6-9-15)19-17(13)20-22-18(16-10-7-11-26-16)23-24(20)12-21-19/h7,10-12,15H,3-6,8-9H2,1-2H3. The van der Waals surface area contributed by atoms with Crippen LogP contribution in [-0.4, -0.2) is 24.1 Å². The molecule has 0 radical (unpaired) electrons. The van der Waals surface area contributed by atoms with Gasteiger partial charge in [0.25, 0.3) is 0 Å². The van der Waals surface area contributed by atoms with Crippen molar-refractivity contribution >= 4 is 16.7 Å². The summed E-state index contributed by atoms with van der Waals surface area (Å²) in [5.74, 6) is 1.28. The van der Waals surface area contributed by atoms with Crippen LogP contribution in [-0.2, 0) is 0 Å². The Morgan fingerprint density at radius 3 is 2.62 bits per heavy atom. The molecule has 1 saturated carbocycles. The van der Waals surface area contributed by atoms with Crippen LogP contribution in [0.3, 0.4) is 0 Å². The highest BCUT2D eigenvalue weighted by Crippen LogP contribution is 2.35. The lowest BCUT2D eigenvalue weighted by molar-refractivity contribution is 0.446. The molecule has 0 unspecified atom stereocenters. The first-order valence-corrected chi connectivity index (χ1v) is 9.50. The average Bonchev–Trinajstić information content (AvgIpc) is 3.31. The number of fused-ring (bicyclic) bond motifs is 3. The fourth-order valence-corrected chi connectivity index (χ4v) is 4.36. The zero-order valence-electron chi connectivity index (χ0n) is 15.3. The van der Waals surface area contributed by atoms with Gasteiger partial charge >= 0.3 is 0 Å². The molecule has 0 saturated heterocycles. The number of aryl methyl sites for hydroxylation is 1. The normalized spacial score (nSPS) is 16.5. The zero-order valence-corrected chi connectivity index (χ0v) is 15.3. The van der Waals surface area contributed by atoms with E-state index >= 15 is 0 Å². The Balaban J connectivity index is 1.73. The predicted molar refractivity (Wildman–Crippen MR) is 100 cm³/mol. The Morgan fingerprint density at radius 2 is 1.88 bits per heavy atom. The maximum absolute atomic E-state index is 5.47. The van der Waals surface area contributed by atoms with E-state index in [9.17, 15) is 0 Å². The Bertz CT molecular complexity index is 1070. The van der Waals surface area contributed by atoms with E-state index < -0.39 is 0 Å². The van der Waals surface area contributed by atoms with Crippen molar-refractivity contribution in [2.75, 3.05) is 0 Å². The summed E-state index contributed by atoms with van der Waals surface area (Å²) in [5.41, 5.74) is 4.45. The number of hydrogen-bond acceptors (Lipinski definition) is 4. The van der Waals surface area contributed by atoms with Crippen molar-refractivity contribution in [2.45, 2.75) is 58.4 Å². The maximum Gasteiger partial charge on any atom is 0.217 e. The van der Waals surface area contributed by atoms with Crippen molar-refractivity contribution in [1.29, 1.82) is 0 Å². The molecule has 0 spiro atoms. The second kappa shape index (κ2) is 5.97. The quantitative estimate of drug-likeness (QED) is 0.485. The van der Waals surface area contributed by atoms with Crippen LogP contribution in [0.1, 0.15) is 55.8 Å². The third-order valence-corrected chi connectivity index (χ3v) is 5.81. The monoisotopic (exact) mass is 349 g/mol. The van der Waals surface area contributed by atoms with Crippen LogP contribution in [0.15, 0.2) is 29.1 Å². The summed E-state index contributed by atoms with van der Waals surface area (Å²) in [6.45, 7) is 4.38. The Hall–Kier alpha value is -2.63. The molecule has 0 aliphatic heterocycles. The van der Waals surface area contributed by atoms with Crippen LogP contribution in [0.25, 0.3) is 28.3 Å². The molecule has 4 aromatic heterocycles. The van der Waals surface area contributed by atoms with Gasteiger partial charge in [-0.25, -0.2) is 14.5 Å². The minimum Gasteiger partial charge on any atom is -0.461 e. The second-order valence-corrected chi connectivity index (χ2v) is 7.35. The van der Waals surface area contributed by atoms with Crippen LogP contribution in [0.4, 0.5) is 0 Å². The van der Waals surface area contributed by atoms with Crippen LogP contribution >= 0.6 is 0 Å². The molecule has 5 rings (SSSR count). The van der Waals surface area contributed by atoms with Crippen molar-refractivity contribution in [3.8, 4) is 11.6 Å². The smallest absolute Gasteiger partial charge is 0.217 e. The highest BCUT2D eigenvalue weighted by molar-refractivity contribution is 5.94. The first-order valence-electron chi connectivity index (χ1n) is 9.50. The average molecular weight is 349 g/mol. The molecule has 0 atom stereocenters. The van der Waals surface area contributed by atoms with Crippen LogP contribution in [0.2, 0.25) is 0 Å². The molecule has 0 amide bonds. The van der Waals surface area contributed by atoms with Crippen molar-refractivity contribution < 1.29 is 4.42 Å². The lowest BCUT2D eigenvalue weighted by atomic mass is 10.1. The number of furan rings is 1. The van der Waals surface area contributed by atoms with Gasteiger partial charge in [0, 0.05) is 11.7 Å². The van der Waals surface area contributed by atoms with E-state index in [4.69, 9.17) is 14.4 Å². The first-order chi connectivity index (χ1) is 12.7. The van der Waals surface area contributed by atoms with E-state index in [1.54, 1.807) is 17.1 Å². The largest absolute Gasteiger partial charge is 0.461 e. The molecule has 0 bridgehead atoms. The number of aromatic nitrogens is 5. The fraction of sp³-hybridized carbons (Fsp3) is 0.450. The molecule has 6 heteroatoms. The minimum absolute atomic E-state index is 0.538. The van der Waals surface area contributed by atoms with Gasteiger partial charge in [0.15, 0.2) is 11.4 Å². The van der Waals surface area contributed by atoms with E-state index in [1.807, 2.05) is 12.1 Å². The Morgan fingerprint density at radius 1 is 1.08 bits per heavy atom. The molecule has 1 fully saturated rings. The van der Waals surface area contributed by atoms with E-state index in [2.05, 4.69) is 23.5 Å². The molecule has 4 aromatic rings. The van der Waals surface area contributed by atoms with Gasteiger partial charge < -0.3 is 8.98 Å². The predicted octanol–water partition coefficient (Wildman–Crippen LogP) is 4.85. The van der Waals surface area contributed by atoms with Crippen LogP contribution in [0, 0.1) is 13.8 Å². The van der Waals surface area contributed by atoms with Gasteiger partial charge in [-0.05, 0) is 44.4 Å². The zero-order chi connectivity index (χ0) is 17.7. The number of nitrogens with zero attached hydrogens (tertiary/aromatic N) is 5. The summed E-state index contributed by atoms with van der Waals surface area (Å²) in [7, 11) is 0. The maximum atomic E-state index is 5.47. The molecule has 0 N–H and O–H groups in total. The molecule has 26 heavy (non-hydrogen) atoms. The summed E-state index contributed by atoms with van der Waals surface area (Å²) in [4.78, 5) is 9.55. The summed E-state index contributed by atoms with van der Waals surface area (Å²) in [6.07, 6.45) is 11.2. The topological polar surface area (TPSA) is 61.2 Å². The van der Waals surface area contributed by atoms with Gasteiger partial charge in [-0.3, -0.25) is 0 Å². The van der Waals surface area contributed by atoms with Gasteiger partial charge in [0.05, 0.1) is 11.6 Å². The summed E-state index contributed by atoms with van der Waals surface area (Å²) >= 11 is 0. The number of rotatable bonds is 2. The SMILES string of the molecule is Cc1c(C)n(C2CCCCCC2)c2ncn3nc(-c4ccco4)nc3c12. The minimum atomic E-state index is 0.538. The van der Waals surface area contributed by atoms with Gasteiger partial charge in [-0.1, -0.05) is 25.7 Å². The molecular formula is C20H23N5O. The molecular weight excluding hydrogens is 326 g/mol. The lowest BCUT2D eigenvalue weighted by Crippen LogP contribution is -2.10. The molecule has 1 aliphatic carbocycles.